The maximum atomic E-state index is 14.1. The largest absolute Gasteiger partial charge is 0.494 e. The van der Waals surface area contributed by atoms with E-state index in [1.807, 2.05) is 0 Å². The lowest BCUT2D eigenvalue weighted by Gasteiger charge is -2.25. The number of hydrogen-bond acceptors (Lipinski definition) is 7. The second-order valence-corrected chi connectivity index (χ2v) is 5.79. The molecule has 27 heavy (non-hydrogen) atoms. The van der Waals surface area contributed by atoms with Crippen molar-refractivity contribution >= 4 is 23.2 Å². The number of methoxy groups -OCH3 is 1. The SMILES string of the molecule is CCC1c2cc(F)c(OC)cc2CN1c1cnc(C(=O)NC)nc1.O=S=O. The Morgan fingerprint density at radius 3 is 2.52 bits per heavy atom. The second-order valence-electron chi connectivity index (χ2n) is 5.65. The van der Waals surface area contributed by atoms with Crippen LogP contribution in [0.4, 0.5) is 10.1 Å². The van der Waals surface area contributed by atoms with Crippen molar-refractivity contribution in [3.05, 3.63) is 47.3 Å². The third-order valence-corrected chi connectivity index (χ3v) is 4.28. The molecule has 1 aliphatic heterocycles. The van der Waals surface area contributed by atoms with Crippen LogP contribution in [0.3, 0.4) is 0 Å². The Kier molecular flexibility index (Phi) is 6.94. The average Bonchev–Trinajstić information content (AvgIpc) is 3.04. The number of carbonyl (C=O) groups is 1. The fraction of sp³-hybridized carbons (Fsp3) is 0.353. The molecule has 0 saturated carbocycles. The molecule has 1 atom stereocenters. The van der Waals surface area contributed by atoms with Crippen molar-refractivity contribution in [2.75, 3.05) is 19.1 Å². The first-order chi connectivity index (χ1) is 13.0. The number of nitrogens with one attached hydrogen (secondary N) is 1. The third-order valence-electron chi connectivity index (χ3n) is 4.28. The number of rotatable bonds is 4. The van der Waals surface area contributed by atoms with Crippen LogP contribution < -0.4 is 15.0 Å². The van der Waals surface area contributed by atoms with Gasteiger partial charge in [-0.05, 0) is 29.7 Å². The number of halogens is 1. The molecule has 8 nitrogen and oxygen atoms in total. The number of benzene rings is 1. The predicted molar refractivity (Wildman–Crippen MR) is 96.5 cm³/mol. The Labute approximate surface area is 159 Å². The van der Waals surface area contributed by atoms with Crippen molar-refractivity contribution < 1.29 is 22.3 Å². The predicted octanol–water partition coefficient (Wildman–Crippen LogP) is 1.79. The molecule has 144 valence electrons. The molecule has 1 unspecified atom stereocenters. The highest BCUT2D eigenvalue weighted by Crippen LogP contribution is 2.41. The number of nitrogens with zero attached hydrogens (tertiary/aromatic N) is 3. The highest BCUT2D eigenvalue weighted by molar-refractivity contribution is 7.51. The molecule has 2 aromatic rings. The van der Waals surface area contributed by atoms with Crippen LogP contribution in [0.25, 0.3) is 0 Å². The Morgan fingerprint density at radius 2 is 2.00 bits per heavy atom. The maximum Gasteiger partial charge on any atom is 0.335 e. The van der Waals surface area contributed by atoms with E-state index in [4.69, 9.17) is 13.2 Å². The summed E-state index contributed by atoms with van der Waals surface area (Å²) in [5, 5.41) is 2.49. The van der Waals surface area contributed by atoms with Crippen molar-refractivity contribution in [1.82, 2.24) is 15.3 Å². The highest BCUT2D eigenvalue weighted by Gasteiger charge is 2.31. The van der Waals surface area contributed by atoms with E-state index < -0.39 is 11.6 Å². The lowest BCUT2D eigenvalue weighted by molar-refractivity contribution is 0.0952. The molecular weight excluding hydrogens is 375 g/mol. The number of ether oxygens (including phenoxy) is 1. The topological polar surface area (TPSA) is 101 Å². The first-order valence-electron chi connectivity index (χ1n) is 8.09. The van der Waals surface area contributed by atoms with E-state index in [1.165, 1.54) is 14.2 Å². The van der Waals surface area contributed by atoms with Crippen LogP contribution in [0.2, 0.25) is 0 Å². The van der Waals surface area contributed by atoms with E-state index in [0.29, 0.717) is 6.54 Å². The molecule has 0 aliphatic carbocycles. The zero-order chi connectivity index (χ0) is 20.0. The van der Waals surface area contributed by atoms with Gasteiger partial charge in [0.15, 0.2) is 11.6 Å². The summed E-state index contributed by atoms with van der Waals surface area (Å²) in [6, 6.07) is 3.32. The minimum Gasteiger partial charge on any atom is -0.494 e. The fourth-order valence-corrected chi connectivity index (χ4v) is 3.09. The Balaban J connectivity index is 0.000000817. The van der Waals surface area contributed by atoms with Gasteiger partial charge in [0.2, 0.25) is 5.82 Å². The van der Waals surface area contributed by atoms with Gasteiger partial charge < -0.3 is 15.0 Å². The van der Waals surface area contributed by atoms with Gasteiger partial charge in [0, 0.05) is 13.6 Å². The van der Waals surface area contributed by atoms with Crippen LogP contribution in [-0.4, -0.2) is 38.5 Å². The van der Waals surface area contributed by atoms with Crippen LogP contribution in [0.1, 0.15) is 41.1 Å². The minimum atomic E-state index is -0.750. The molecule has 0 spiro atoms. The second kappa shape index (κ2) is 9.17. The Morgan fingerprint density at radius 1 is 1.37 bits per heavy atom. The lowest BCUT2D eigenvalue weighted by atomic mass is 10.0. The van der Waals surface area contributed by atoms with Crippen LogP contribution in [0.15, 0.2) is 24.5 Å². The smallest absolute Gasteiger partial charge is 0.335 e. The maximum absolute atomic E-state index is 14.1. The number of anilines is 1. The zero-order valence-corrected chi connectivity index (χ0v) is 15.9. The monoisotopic (exact) mass is 394 g/mol. The van der Waals surface area contributed by atoms with Crippen molar-refractivity contribution in [2.45, 2.75) is 25.9 Å². The standard InChI is InChI=1S/C17H19FN4O2.O2S/c1-4-14-12-6-13(18)15(24-3)5-10(12)9-22(14)11-7-20-16(21-8-11)17(23)19-2;1-3-2/h5-8,14H,4,9H2,1-3H3,(H,19,23);. The van der Waals surface area contributed by atoms with Crippen molar-refractivity contribution in [3.8, 4) is 5.75 Å². The van der Waals surface area contributed by atoms with Gasteiger partial charge in [-0.3, -0.25) is 4.79 Å². The van der Waals surface area contributed by atoms with E-state index in [-0.39, 0.29) is 29.3 Å². The third kappa shape index (κ3) is 4.27. The Bertz CT molecular complexity index is 857. The summed E-state index contributed by atoms with van der Waals surface area (Å²) in [5.74, 6) is -0.316. The van der Waals surface area contributed by atoms with E-state index in [0.717, 1.165) is 23.2 Å². The number of hydrogen-bond donors (Lipinski definition) is 1. The van der Waals surface area contributed by atoms with E-state index in [2.05, 4.69) is 27.1 Å². The van der Waals surface area contributed by atoms with Crippen LogP contribution in [0, 0.1) is 5.82 Å². The summed E-state index contributed by atoms with van der Waals surface area (Å²) in [6.07, 6.45) is 4.06. The summed E-state index contributed by atoms with van der Waals surface area (Å²) < 4.78 is 35.7. The van der Waals surface area contributed by atoms with Crippen molar-refractivity contribution in [2.24, 2.45) is 0 Å². The van der Waals surface area contributed by atoms with E-state index >= 15 is 0 Å². The fourth-order valence-electron chi connectivity index (χ4n) is 3.09. The van der Waals surface area contributed by atoms with Gasteiger partial charge in [-0.15, -0.1) is 0 Å². The number of amides is 1. The Hall–Kier alpha value is -2.88. The summed E-state index contributed by atoms with van der Waals surface area (Å²) in [5.41, 5.74) is 2.77. The molecule has 2 heterocycles. The van der Waals surface area contributed by atoms with Crippen molar-refractivity contribution in [1.29, 1.82) is 0 Å². The molecular formula is C17H19FN4O4S. The van der Waals surface area contributed by atoms with Crippen LogP contribution >= 0.6 is 0 Å². The first-order valence-corrected chi connectivity index (χ1v) is 8.76. The van der Waals surface area contributed by atoms with Crippen LogP contribution in [-0.2, 0) is 18.1 Å². The number of carbonyl (C=O) groups excluding carboxylic acids is 1. The zero-order valence-electron chi connectivity index (χ0n) is 15.1. The van der Waals surface area contributed by atoms with Crippen LogP contribution in [0.5, 0.6) is 5.75 Å². The average molecular weight is 394 g/mol. The summed E-state index contributed by atoms with van der Waals surface area (Å²) in [7, 11) is 2.99. The van der Waals surface area contributed by atoms with Gasteiger partial charge in [-0.25, -0.2) is 14.4 Å². The van der Waals surface area contributed by atoms with Gasteiger partial charge >= 0.3 is 11.6 Å². The first kappa shape index (κ1) is 20.4. The quantitative estimate of drug-likeness (QED) is 0.843. The number of aromatic nitrogens is 2. The highest BCUT2D eigenvalue weighted by atomic mass is 32.1. The lowest BCUT2D eigenvalue weighted by Crippen LogP contribution is -2.23. The van der Waals surface area contributed by atoms with Crippen molar-refractivity contribution in [3.63, 3.8) is 0 Å². The number of fused-ring (bicyclic) bond motifs is 1. The van der Waals surface area contributed by atoms with E-state index in [9.17, 15) is 9.18 Å². The molecule has 0 radical (unpaired) electrons. The van der Waals surface area contributed by atoms with Gasteiger partial charge in [-0.2, -0.15) is 8.42 Å². The summed E-state index contributed by atoms with van der Waals surface area (Å²) in [6.45, 7) is 2.67. The molecule has 1 amide bonds. The molecule has 0 fully saturated rings. The molecule has 1 N–H and O–H groups in total. The van der Waals surface area contributed by atoms with Gasteiger partial charge in [0.05, 0.1) is 31.2 Å². The molecule has 10 heteroatoms. The molecule has 0 bridgehead atoms. The molecule has 1 aliphatic rings. The van der Waals surface area contributed by atoms with Gasteiger partial charge in [0.25, 0.3) is 5.91 Å². The molecule has 1 aromatic heterocycles. The van der Waals surface area contributed by atoms with Gasteiger partial charge in [-0.1, -0.05) is 6.92 Å². The normalized spacial score (nSPS) is 14.7. The summed E-state index contributed by atoms with van der Waals surface area (Å²) in [4.78, 5) is 21.9. The molecule has 1 aromatic carbocycles. The minimum absolute atomic E-state index is 0.0369. The van der Waals surface area contributed by atoms with Gasteiger partial charge in [0.1, 0.15) is 0 Å². The summed E-state index contributed by atoms with van der Waals surface area (Å²) >= 11 is -0.750. The van der Waals surface area contributed by atoms with E-state index in [1.54, 1.807) is 24.5 Å². The molecule has 0 saturated heterocycles. The molecule has 3 rings (SSSR count).